The molecule has 0 spiro atoms. The van der Waals surface area contributed by atoms with Crippen molar-refractivity contribution in [3.63, 3.8) is 0 Å². The summed E-state index contributed by atoms with van der Waals surface area (Å²) >= 11 is 0. The maximum absolute atomic E-state index is 12.4. The first-order chi connectivity index (χ1) is 11.5. The molecule has 0 aliphatic carbocycles. The number of benzene rings is 1. The van der Waals surface area contributed by atoms with E-state index in [9.17, 15) is 9.90 Å². The topological polar surface area (TPSA) is 55.8 Å². The molecule has 2 aliphatic heterocycles. The molecule has 2 fully saturated rings. The van der Waals surface area contributed by atoms with Crippen molar-refractivity contribution in [2.45, 2.75) is 45.8 Å². The van der Waals surface area contributed by atoms with Gasteiger partial charge in [-0.15, -0.1) is 0 Å². The second-order valence-electron chi connectivity index (χ2n) is 7.22. The van der Waals surface area contributed by atoms with E-state index in [1.54, 1.807) is 6.92 Å². The molecule has 3 rings (SSSR count). The molecule has 5 nitrogen and oxygen atoms in total. The molecule has 2 N–H and O–H groups in total. The van der Waals surface area contributed by atoms with E-state index in [1.807, 2.05) is 4.90 Å². The van der Waals surface area contributed by atoms with Crippen LogP contribution in [-0.2, 0) is 6.54 Å². The number of aryl methyl sites for hydroxylation is 1. The predicted molar refractivity (Wildman–Crippen MR) is 96.2 cm³/mol. The van der Waals surface area contributed by atoms with Crippen LogP contribution >= 0.6 is 0 Å². The van der Waals surface area contributed by atoms with Crippen LogP contribution in [-0.4, -0.2) is 48.3 Å². The zero-order chi connectivity index (χ0) is 17.1. The van der Waals surface area contributed by atoms with Gasteiger partial charge in [-0.2, -0.15) is 0 Å². The third kappa shape index (κ3) is 3.83. The molecule has 0 saturated carbocycles. The highest BCUT2D eigenvalue weighted by Gasteiger charge is 2.29. The summed E-state index contributed by atoms with van der Waals surface area (Å²) in [6.07, 6.45) is 3.03. The molecule has 1 aromatic rings. The van der Waals surface area contributed by atoms with Crippen molar-refractivity contribution < 1.29 is 9.90 Å². The first-order valence-electron chi connectivity index (χ1n) is 9.10. The summed E-state index contributed by atoms with van der Waals surface area (Å²) in [5.74, 6) is 0.204. The van der Waals surface area contributed by atoms with Crippen molar-refractivity contribution in [1.29, 1.82) is 0 Å². The van der Waals surface area contributed by atoms with Crippen LogP contribution in [0, 0.1) is 12.8 Å². The second kappa shape index (κ2) is 7.43. The van der Waals surface area contributed by atoms with E-state index in [0.29, 0.717) is 13.1 Å². The van der Waals surface area contributed by atoms with Gasteiger partial charge in [0.2, 0.25) is 0 Å². The Morgan fingerprint density at radius 1 is 1.33 bits per heavy atom. The summed E-state index contributed by atoms with van der Waals surface area (Å²) in [5.41, 5.74) is 3.70. The SMILES string of the molecule is Cc1ccc(CNC(=O)N2CC[C@@H]([C@H](C)O)C2)c(N2CCCC2)c1. The number of hydrogen-bond acceptors (Lipinski definition) is 3. The molecule has 2 saturated heterocycles. The third-order valence-electron chi connectivity index (χ3n) is 5.31. The minimum atomic E-state index is -0.346. The van der Waals surface area contributed by atoms with E-state index in [2.05, 4.69) is 35.3 Å². The van der Waals surface area contributed by atoms with E-state index in [1.165, 1.54) is 29.7 Å². The number of nitrogens with zero attached hydrogens (tertiary/aromatic N) is 2. The van der Waals surface area contributed by atoms with Crippen molar-refractivity contribution >= 4 is 11.7 Å². The van der Waals surface area contributed by atoms with Gasteiger partial charge in [0.15, 0.2) is 0 Å². The number of urea groups is 1. The summed E-state index contributed by atoms with van der Waals surface area (Å²) in [4.78, 5) is 16.7. The number of likely N-dealkylation sites (tertiary alicyclic amines) is 1. The van der Waals surface area contributed by atoms with Crippen molar-refractivity contribution in [3.05, 3.63) is 29.3 Å². The van der Waals surface area contributed by atoms with E-state index in [4.69, 9.17) is 0 Å². The Hall–Kier alpha value is -1.75. The van der Waals surface area contributed by atoms with E-state index in [0.717, 1.165) is 26.1 Å². The molecule has 2 amide bonds. The van der Waals surface area contributed by atoms with Gasteiger partial charge in [-0.1, -0.05) is 12.1 Å². The molecule has 132 valence electrons. The second-order valence-corrected chi connectivity index (χ2v) is 7.22. The van der Waals surface area contributed by atoms with Crippen molar-refractivity contribution in [2.24, 2.45) is 5.92 Å². The van der Waals surface area contributed by atoms with Crippen LogP contribution in [0.1, 0.15) is 37.3 Å². The quantitative estimate of drug-likeness (QED) is 0.891. The van der Waals surface area contributed by atoms with Crippen molar-refractivity contribution in [3.8, 4) is 0 Å². The van der Waals surface area contributed by atoms with Gasteiger partial charge in [0.05, 0.1) is 6.10 Å². The Kier molecular flexibility index (Phi) is 5.29. The lowest BCUT2D eigenvalue weighted by Crippen LogP contribution is -2.39. The summed E-state index contributed by atoms with van der Waals surface area (Å²) in [6.45, 7) is 8.06. The fourth-order valence-corrected chi connectivity index (χ4v) is 3.72. The van der Waals surface area contributed by atoms with Crippen LogP contribution in [0.4, 0.5) is 10.5 Å². The lowest BCUT2D eigenvalue weighted by atomic mass is 10.0. The minimum Gasteiger partial charge on any atom is -0.393 e. The fraction of sp³-hybridized carbons (Fsp3) is 0.632. The molecular weight excluding hydrogens is 302 g/mol. The Labute approximate surface area is 144 Å². The summed E-state index contributed by atoms with van der Waals surface area (Å²) in [5, 5.41) is 12.7. The Bertz CT molecular complexity index is 582. The van der Waals surface area contributed by atoms with Crippen LogP contribution < -0.4 is 10.2 Å². The van der Waals surface area contributed by atoms with Crippen LogP contribution in [0.25, 0.3) is 0 Å². The molecular formula is C19H29N3O2. The first kappa shape index (κ1) is 17.1. The van der Waals surface area contributed by atoms with E-state index in [-0.39, 0.29) is 18.1 Å². The van der Waals surface area contributed by atoms with Gasteiger partial charge in [0, 0.05) is 44.3 Å². The average Bonchev–Trinajstić information content (AvgIpc) is 3.24. The maximum atomic E-state index is 12.4. The number of rotatable bonds is 4. The largest absolute Gasteiger partial charge is 0.393 e. The van der Waals surface area contributed by atoms with Crippen LogP contribution in [0.5, 0.6) is 0 Å². The lowest BCUT2D eigenvalue weighted by molar-refractivity contribution is 0.129. The number of nitrogens with one attached hydrogen (secondary N) is 1. The molecule has 0 radical (unpaired) electrons. The molecule has 0 aromatic heterocycles. The Balaban J connectivity index is 1.61. The van der Waals surface area contributed by atoms with Crippen LogP contribution in [0.2, 0.25) is 0 Å². The Morgan fingerprint density at radius 2 is 2.08 bits per heavy atom. The van der Waals surface area contributed by atoms with Gasteiger partial charge in [-0.05, 0) is 50.3 Å². The average molecular weight is 331 g/mol. The van der Waals surface area contributed by atoms with Crippen molar-refractivity contribution in [2.75, 3.05) is 31.1 Å². The van der Waals surface area contributed by atoms with E-state index < -0.39 is 0 Å². The fourth-order valence-electron chi connectivity index (χ4n) is 3.72. The number of aliphatic hydroxyl groups excluding tert-OH is 1. The van der Waals surface area contributed by atoms with Crippen LogP contribution in [0.3, 0.4) is 0 Å². The number of hydrogen-bond donors (Lipinski definition) is 2. The standard InChI is InChI=1S/C19H29N3O2/c1-14-5-6-16(18(11-14)21-8-3-4-9-21)12-20-19(24)22-10-7-17(13-22)15(2)23/h5-6,11,15,17,23H,3-4,7-10,12-13H2,1-2H3,(H,20,24)/t15-,17+/m0/s1. The highest BCUT2D eigenvalue weighted by molar-refractivity contribution is 5.75. The third-order valence-corrected chi connectivity index (χ3v) is 5.31. The van der Waals surface area contributed by atoms with Gasteiger partial charge >= 0.3 is 6.03 Å². The maximum Gasteiger partial charge on any atom is 0.317 e. The molecule has 0 unspecified atom stereocenters. The number of aliphatic hydroxyl groups is 1. The van der Waals surface area contributed by atoms with E-state index >= 15 is 0 Å². The zero-order valence-electron chi connectivity index (χ0n) is 14.8. The van der Waals surface area contributed by atoms with Gasteiger partial charge in [-0.25, -0.2) is 4.79 Å². The molecule has 5 heteroatoms. The van der Waals surface area contributed by atoms with Gasteiger partial charge in [0.25, 0.3) is 0 Å². The molecule has 24 heavy (non-hydrogen) atoms. The zero-order valence-corrected chi connectivity index (χ0v) is 14.8. The number of carbonyl (C=O) groups excluding carboxylic acids is 1. The molecule has 0 bridgehead atoms. The highest BCUT2D eigenvalue weighted by atomic mass is 16.3. The minimum absolute atomic E-state index is 0.0221. The lowest BCUT2D eigenvalue weighted by Gasteiger charge is -2.23. The molecule has 2 heterocycles. The van der Waals surface area contributed by atoms with Crippen LogP contribution in [0.15, 0.2) is 18.2 Å². The highest BCUT2D eigenvalue weighted by Crippen LogP contribution is 2.26. The Morgan fingerprint density at radius 3 is 2.75 bits per heavy atom. The smallest absolute Gasteiger partial charge is 0.317 e. The summed E-state index contributed by atoms with van der Waals surface area (Å²) in [7, 11) is 0. The summed E-state index contributed by atoms with van der Waals surface area (Å²) < 4.78 is 0. The van der Waals surface area contributed by atoms with Gasteiger partial charge < -0.3 is 20.2 Å². The van der Waals surface area contributed by atoms with Crippen molar-refractivity contribution in [1.82, 2.24) is 10.2 Å². The number of carbonyl (C=O) groups is 1. The van der Waals surface area contributed by atoms with Gasteiger partial charge in [-0.3, -0.25) is 0 Å². The molecule has 2 atom stereocenters. The number of anilines is 1. The normalized spacial score (nSPS) is 22.0. The monoisotopic (exact) mass is 331 g/mol. The predicted octanol–water partition coefficient (Wildman–Crippen LogP) is 2.51. The number of amides is 2. The summed E-state index contributed by atoms with van der Waals surface area (Å²) in [6, 6.07) is 6.45. The molecule has 1 aromatic carbocycles. The first-order valence-corrected chi connectivity index (χ1v) is 9.10. The molecule has 2 aliphatic rings. The van der Waals surface area contributed by atoms with Gasteiger partial charge in [0.1, 0.15) is 0 Å².